The first kappa shape index (κ1) is 11.4. The van der Waals surface area contributed by atoms with Crippen molar-refractivity contribution in [2.24, 2.45) is 9.98 Å². The molecule has 13 heavy (non-hydrogen) atoms. The Morgan fingerprint density at radius 3 is 1.92 bits per heavy atom. The topological polar surface area (TPSA) is 24.7 Å². The van der Waals surface area contributed by atoms with Gasteiger partial charge in [-0.3, -0.25) is 0 Å². The summed E-state index contributed by atoms with van der Waals surface area (Å²) in [5.74, 6) is 0. The molecule has 0 aliphatic carbocycles. The number of hydrogen-bond acceptors (Lipinski definition) is 6. The Morgan fingerprint density at radius 1 is 1.08 bits per heavy atom. The van der Waals surface area contributed by atoms with E-state index in [1.807, 2.05) is 23.5 Å². The fourth-order valence-electron chi connectivity index (χ4n) is 1.02. The Bertz CT molecular complexity index is 229. The van der Waals surface area contributed by atoms with Gasteiger partial charge in [0.25, 0.3) is 0 Å². The summed E-state index contributed by atoms with van der Waals surface area (Å²) in [4.78, 5) is 7.91. The van der Waals surface area contributed by atoms with E-state index in [-0.39, 0.29) is 0 Å². The van der Waals surface area contributed by atoms with Gasteiger partial charge in [-0.25, -0.2) is 9.98 Å². The van der Waals surface area contributed by atoms with Crippen molar-refractivity contribution < 1.29 is 0 Å². The highest BCUT2D eigenvalue weighted by Gasteiger charge is 2.27. The van der Waals surface area contributed by atoms with Crippen LogP contribution in [0.2, 0.25) is 0 Å². The van der Waals surface area contributed by atoms with E-state index in [1.54, 1.807) is 0 Å². The van der Waals surface area contributed by atoms with Crippen molar-refractivity contribution in [3.05, 3.63) is 0 Å². The Balaban J connectivity index is 2.42. The van der Waals surface area contributed by atoms with E-state index in [1.165, 1.54) is 0 Å². The molecule has 1 rings (SSSR count). The number of aliphatic imine (C=N–C) groups is 2. The third-order valence-corrected chi connectivity index (χ3v) is 4.98. The lowest BCUT2D eigenvalue weighted by Crippen LogP contribution is -2.21. The molecule has 1 aliphatic rings. The van der Waals surface area contributed by atoms with E-state index in [4.69, 9.17) is 0 Å². The number of hydrogen-bond donors (Lipinski definition) is 0. The van der Waals surface area contributed by atoms with Gasteiger partial charge >= 0.3 is 0 Å². The lowest BCUT2D eigenvalue weighted by molar-refractivity contribution is 0.805. The maximum atomic E-state index is 4.53. The lowest BCUT2D eigenvalue weighted by Gasteiger charge is -2.11. The molecule has 2 nitrogen and oxygen atoms in total. The average Bonchev–Trinajstić information content (AvgIpc) is 2.59. The molecule has 2 unspecified atom stereocenters. The number of rotatable bonds is 4. The molecule has 6 heteroatoms. The molecule has 0 radical (unpaired) electrons. The van der Waals surface area contributed by atoms with E-state index in [2.05, 4.69) is 44.7 Å². The van der Waals surface area contributed by atoms with Gasteiger partial charge in [0.15, 0.2) is 0 Å². The van der Waals surface area contributed by atoms with E-state index in [0.29, 0.717) is 10.5 Å². The van der Waals surface area contributed by atoms with Crippen LogP contribution in [0.25, 0.3) is 0 Å². The molecule has 0 aromatic carbocycles. The molecule has 1 fully saturated rings. The minimum atomic E-state index is 0.507. The fraction of sp³-hybridized carbons (Fsp3) is 0.714. The standard InChI is InChI=1S/C7H8N2S4/c10-3-8-1-6-7(2-9-4-11)13-5-12-6/h6-7H,1-2,5H2. The Morgan fingerprint density at radius 2 is 1.54 bits per heavy atom. The zero-order valence-electron chi connectivity index (χ0n) is 6.80. The molecule has 1 aliphatic heterocycles. The summed E-state index contributed by atoms with van der Waals surface area (Å²) < 4.78 is 0. The molecule has 0 bridgehead atoms. The maximum absolute atomic E-state index is 4.53. The van der Waals surface area contributed by atoms with Crippen LogP contribution in [0.3, 0.4) is 0 Å². The summed E-state index contributed by atoms with van der Waals surface area (Å²) in [5.41, 5.74) is 0. The predicted molar refractivity (Wildman–Crippen MR) is 67.4 cm³/mol. The second-order valence-corrected chi connectivity index (χ2v) is 5.58. The Hall–Kier alpha value is 0.300. The normalized spacial score (nSPS) is 26.2. The molecule has 0 spiro atoms. The first-order valence-electron chi connectivity index (χ1n) is 3.69. The molecule has 0 N–H and O–H groups in total. The van der Waals surface area contributed by atoms with Crippen molar-refractivity contribution in [2.45, 2.75) is 10.5 Å². The van der Waals surface area contributed by atoms with Crippen LogP contribution >= 0.6 is 48.0 Å². The fourth-order valence-corrected chi connectivity index (χ4v) is 4.32. The highest BCUT2D eigenvalue weighted by molar-refractivity contribution is 8.19. The Kier molecular flexibility index (Phi) is 5.87. The van der Waals surface area contributed by atoms with Crippen LogP contribution in [0, 0.1) is 0 Å². The van der Waals surface area contributed by atoms with E-state index >= 15 is 0 Å². The van der Waals surface area contributed by atoms with Gasteiger partial charge in [0.05, 0.1) is 23.4 Å². The lowest BCUT2D eigenvalue weighted by atomic mass is 10.3. The number of thiocarbonyl (C=S) groups is 2. The monoisotopic (exact) mass is 248 g/mol. The largest absolute Gasteiger partial charge is 0.231 e. The number of nitrogens with zero attached hydrogens (tertiary/aromatic N) is 2. The van der Waals surface area contributed by atoms with Crippen molar-refractivity contribution >= 4 is 58.3 Å². The molecule has 0 aromatic rings. The molecular weight excluding hydrogens is 240 g/mol. The van der Waals surface area contributed by atoms with Gasteiger partial charge in [-0.15, -0.1) is 23.5 Å². The van der Waals surface area contributed by atoms with Gasteiger partial charge in [0.2, 0.25) is 0 Å². The smallest absolute Gasteiger partial charge is 0.0623 e. The minimum Gasteiger partial charge on any atom is -0.231 e. The van der Waals surface area contributed by atoms with Crippen molar-refractivity contribution in [3.63, 3.8) is 0 Å². The van der Waals surface area contributed by atoms with Crippen molar-refractivity contribution in [3.8, 4) is 0 Å². The third-order valence-electron chi connectivity index (χ3n) is 1.65. The van der Waals surface area contributed by atoms with Gasteiger partial charge in [-0.05, 0) is 24.4 Å². The van der Waals surface area contributed by atoms with Gasteiger partial charge < -0.3 is 0 Å². The van der Waals surface area contributed by atoms with E-state index < -0.39 is 0 Å². The molecule has 0 amide bonds. The highest BCUT2D eigenvalue weighted by atomic mass is 32.2. The van der Waals surface area contributed by atoms with Gasteiger partial charge in [0.1, 0.15) is 0 Å². The second kappa shape index (κ2) is 6.71. The molecule has 0 aromatic heterocycles. The van der Waals surface area contributed by atoms with Crippen molar-refractivity contribution in [1.82, 2.24) is 0 Å². The molecule has 1 heterocycles. The summed E-state index contributed by atoms with van der Waals surface area (Å²) in [5, 5.41) is 6.90. The van der Waals surface area contributed by atoms with Crippen LogP contribution in [-0.4, -0.2) is 39.0 Å². The maximum Gasteiger partial charge on any atom is 0.0623 e. The summed E-state index contributed by atoms with van der Waals surface area (Å²) in [6.07, 6.45) is 0. The first-order valence-corrected chi connectivity index (χ1v) is 6.60. The van der Waals surface area contributed by atoms with Crippen molar-refractivity contribution in [1.29, 1.82) is 0 Å². The van der Waals surface area contributed by atoms with Crippen LogP contribution in [0.1, 0.15) is 0 Å². The van der Waals surface area contributed by atoms with Crippen molar-refractivity contribution in [2.75, 3.05) is 18.2 Å². The summed E-state index contributed by atoms with van der Waals surface area (Å²) in [6, 6.07) is 0. The van der Waals surface area contributed by atoms with Crippen LogP contribution < -0.4 is 0 Å². The van der Waals surface area contributed by atoms with Gasteiger partial charge in [0, 0.05) is 15.6 Å². The summed E-state index contributed by atoms with van der Waals surface area (Å²) in [7, 11) is 0. The van der Waals surface area contributed by atoms with Gasteiger partial charge in [-0.2, -0.15) is 0 Å². The zero-order valence-corrected chi connectivity index (χ0v) is 10.1. The third kappa shape index (κ3) is 3.90. The zero-order chi connectivity index (χ0) is 9.52. The SMILES string of the molecule is S=C=NCC1SCSC1CN=C=S. The first-order chi connectivity index (χ1) is 6.38. The van der Waals surface area contributed by atoms with Crippen LogP contribution in [0.15, 0.2) is 9.98 Å². The second-order valence-electron chi connectivity index (χ2n) is 2.39. The average molecular weight is 248 g/mol. The molecular formula is C7H8N2S4. The van der Waals surface area contributed by atoms with Crippen LogP contribution in [0.5, 0.6) is 0 Å². The number of thioether (sulfide) groups is 2. The molecule has 1 saturated heterocycles. The molecule has 70 valence electrons. The van der Waals surface area contributed by atoms with Crippen LogP contribution in [-0.2, 0) is 0 Å². The summed E-state index contributed by atoms with van der Waals surface area (Å²) in [6.45, 7) is 1.50. The predicted octanol–water partition coefficient (Wildman–Crippen LogP) is 2.37. The summed E-state index contributed by atoms with van der Waals surface area (Å²) >= 11 is 12.9. The van der Waals surface area contributed by atoms with Gasteiger partial charge in [-0.1, -0.05) is 0 Å². The quantitative estimate of drug-likeness (QED) is 0.563. The van der Waals surface area contributed by atoms with Crippen LogP contribution in [0.4, 0.5) is 0 Å². The highest BCUT2D eigenvalue weighted by Crippen LogP contribution is 2.36. The van der Waals surface area contributed by atoms with E-state index in [0.717, 1.165) is 18.2 Å². The number of isothiocyanates is 2. The Labute approximate surface area is 96.7 Å². The van der Waals surface area contributed by atoms with E-state index in [9.17, 15) is 0 Å². The minimum absolute atomic E-state index is 0.507. The molecule has 2 atom stereocenters. The molecule has 0 saturated carbocycles.